The van der Waals surface area contributed by atoms with Crippen LogP contribution in [0.15, 0.2) is 36.0 Å². The van der Waals surface area contributed by atoms with Crippen LogP contribution in [0.4, 0.5) is 0 Å². The van der Waals surface area contributed by atoms with Gasteiger partial charge in [-0.1, -0.05) is 44.2 Å². The molecule has 10 aliphatic rings. The predicted octanol–water partition coefficient (Wildman–Crippen LogP) is 4.78. The molecule has 0 amide bonds. The zero-order valence-electron chi connectivity index (χ0n) is 44.3. The third-order valence-corrected chi connectivity index (χ3v) is 19.1. The van der Waals surface area contributed by atoms with Crippen LogP contribution < -0.4 is 0 Å². The van der Waals surface area contributed by atoms with E-state index in [2.05, 4.69) is 59.4 Å². The van der Waals surface area contributed by atoms with E-state index in [1.54, 1.807) is 0 Å². The van der Waals surface area contributed by atoms with Crippen molar-refractivity contribution in [2.75, 3.05) is 6.61 Å². The zero-order valence-corrected chi connectivity index (χ0v) is 44.3. The van der Waals surface area contributed by atoms with Crippen LogP contribution in [0.5, 0.6) is 0 Å². The fraction of sp³-hybridized carbons (Fsp3) is 0.875. The average molecular weight is 1030 g/mol. The van der Waals surface area contributed by atoms with Crippen molar-refractivity contribution in [1.82, 2.24) is 0 Å². The third kappa shape index (κ3) is 10.4. The summed E-state index contributed by atoms with van der Waals surface area (Å²) in [6, 6.07) is 0. The van der Waals surface area contributed by atoms with Crippen LogP contribution >= 0.6 is 0 Å². The van der Waals surface area contributed by atoms with E-state index in [4.69, 9.17) is 47.4 Å². The van der Waals surface area contributed by atoms with E-state index >= 15 is 0 Å². The van der Waals surface area contributed by atoms with Crippen molar-refractivity contribution < 1.29 is 82.8 Å². The maximum absolute atomic E-state index is 12.4. The van der Waals surface area contributed by atoms with Gasteiger partial charge in [-0.3, -0.25) is 4.79 Å². The predicted molar refractivity (Wildman–Crippen MR) is 263 cm³/mol. The van der Waals surface area contributed by atoms with E-state index in [0.717, 1.165) is 11.1 Å². The second-order valence-electron chi connectivity index (χ2n) is 25.1. The van der Waals surface area contributed by atoms with E-state index in [1.165, 1.54) is 6.92 Å². The molecule has 9 saturated heterocycles. The lowest BCUT2D eigenvalue weighted by Crippen LogP contribution is -2.74. The van der Waals surface area contributed by atoms with Crippen LogP contribution in [-0.4, -0.2) is 188 Å². The Morgan fingerprint density at radius 3 is 2.23 bits per heavy atom. The molecule has 17 heteroatoms. The summed E-state index contributed by atoms with van der Waals surface area (Å²) in [7, 11) is 0. The molecular formula is C56H86O17. The number of fused-ring (bicyclic) bond motifs is 8. The molecule has 0 aromatic rings. The highest BCUT2D eigenvalue weighted by Gasteiger charge is 2.65. The largest absolute Gasteiger partial charge is 0.481 e. The third-order valence-electron chi connectivity index (χ3n) is 19.1. The molecule has 0 bridgehead atoms. The number of carboxylic acids is 1. The molecule has 412 valence electrons. The van der Waals surface area contributed by atoms with Crippen molar-refractivity contribution >= 4 is 5.97 Å². The lowest BCUT2D eigenvalue weighted by atomic mass is 9.72. The van der Waals surface area contributed by atoms with Crippen LogP contribution in [-0.2, 0) is 52.2 Å². The maximum Gasteiger partial charge on any atom is 0.308 e. The lowest BCUT2D eigenvalue weighted by molar-refractivity contribution is -0.369. The number of rotatable bonds is 9. The summed E-state index contributed by atoms with van der Waals surface area (Å²) in [5.41, 5.74) is -1.09. The van der Waals surface area contributed by atoms with Crippen LogP contribution in [0, 0.1) is 17.8 Å². The molecule has 6 N–H and O–H groups in total. The normalized spacial score (nSPS) is 52.2. The molecule has 0 radical (unpaired) electrons. The maximum atomic E-state index is 12.4. The smallest absolute Gasteiger partial charge is 0.308 e. The van der Waals surface area contributed by atoms with Crippen molar-refractivity contribution in [3.05, 3.63) is 36.0 Å². The van der Waals surface area contributed by atoms with Gasteiger partial charge in [-0.15, -0.1) is 0 Å². The number of aliphatic hydroxyl groups is 5. The van der Waals surface area contributed by atoms with Gasteiger partial charge in [0.2, 0.25) is 0 Å². The van der Waals surface area contributed by atoms with Gasteiger partial charge in [0.1, 0.15) is 23.9 Å². The summed E-state index contributed by atoms with van der Waals surface area (Å²) in [5.74, 6) is -1.96. The molecular weight excluding hydrogens is 945 g/mol. The lowest BCUT2D eigenvalue weighted by Gasteiger charge is -2.61. The Labute approximate surface area is 431 Å². The second-order valence-corrected chi connectivity index (χ2v) is 25.1. The van der Waals surface area contributed by atoms with Crippen LogP contribution in [0.1, 0.15) is 139 Å². The van der Waals surface area contributed by atoms with Gasteiger partial charge in [0.25, 0.3) is 0 Å². The molecule has 27 unspecified atom stereocenters. The Balaban J connectivity index is 0.805. The van der Waals surface area contributed by atoms with Crippen LogP contribution in [0.3, 0.4) is 0 Å². The summed E-state index contributed by atoms with van der Waals surface area (Å²) in [6.07, 6.45) is 1.67. The minimum absolute atomic E-state index is 0.0370. The fourth-order valence-electron chi connectivity index (χ4n) is 14.9. The standard InChI is InChI=1S/C56H86O17/c1-27(17-28(2)25-57)18-39-30(4)19-44-53(6,72-39)24-42-50(69-44)51(61)56(9)46(66-42)23-41-47(73-56)29(3)11-10-12-37-36(65-41)15-16-43-54(7,70-37)26-55(8)45(68-43)22-40-38(71-55)14-13-33(58)49(67-40)35(60)21-32-20-34(59)48(64-32)31(5)52(62)63/h10-11,17,28-29,31-51,57-61H,4,12-16,18-26H2,1-3,5-9H3,(H,62,63). The number of ether oxygens (including phenoxy) is 10. The quantitative estimate of drug-likeness (QED) is 0.171. The molecule has 9 fully saturated rings. The Morgan fingerprint density at radius 2 is 1.48 bits per heavy atom. The van der Waals surface area contributed by atoms with Crippen LogP contribution in [0.25, 0.3) is 0 Å². The topological polar surface area (TPSA) is 231 Å². The highest BCUT2D eigenvalue weighted by molar-refractivity contribution is 5.70. The van der Waals surface area contributed by atoms with Gasteiger partial charge in [0.15, 0.2) is 0 Å². The molecule has 27 atom stereocenters. The molecule has 0 saturated carbocycles. The van der Waals surface area contributed by atoms with Gasteiger partial charge >= 0.3 is 5.97 Å². The number of aliphatic carboxylic acids is 1. The summed E-state index contributed by atoms with van der Waals surface area (Å²) >= 11 is 0. The first kappa shape index (κ1) is 54.4. The van der Waals surface area contributed by atoms with Gasteiger partial charge in [-0.25, -0.2) is 0 Å². The first-order valence-corrected chi connectivity index (χ1v) is 27.7. The van der Waals surface area contributed by atoms with Crippen molar-refractivity contribution in [3.8, 4) is 0 Å². The summed E-state index contributed by atoms with van der Waals surface area (Å²) in [4.78, 5) is 11.6. The molecule has 10 aliphatic heterocycles. The number of hydrogen-bond acceptors (Lipinski definition) is 16. The molecule has 0 aromatic carbocycles. The van der Waals surface area contributed by atoms with Crippen LogP contribution in [0.2, 0.25) is 0 Å². The van der Waals surface area contributed by atoms with E-state index in [9.17, 15) is 35.4 Å². The highest BCUT2D eigenvalue weighted by atomic mass is 16.7. The number of hydrogen-bond donors (Lipinski definition) is 6. The average Bonchev–Trinajstić information content (AvgIpc) is 3.56. The Kier molecular flexibility index (Phi) is 15.4. The van der Waals surface area contributed by atoms with E-state index in [-0.39, 0.29) is 86.2 Å². The molecule has 10 heterocycles. The monoisotopic (exact) mass is 1030 g/mol. The first-order valence-electron chi connectivity index (χ1n) is 27.7. The van der Waals surface area contributed by atoms with Gasteiger partial charge in [0, 0.05) is 51.0 Å². The second kappa shape index (κ2) is 20.7. The molecule has 10 rings (SSSR count). The zero-order chi connectivity index (χ0) is 52.1. The summed E-state index contributed by atoms with van der Waals surface area (Å²) < 4.78 is 69.0. The first-order chi connectivity index (χ1) is 34.5. The minimum atomic E-state index is -1.13. The SMILES string of the molecule is C=C1CC2OC3C(CC2(C)OC1CC(C)=CC(C)CO)OC1CC2OC4CCC5OC6CC7OC(C(O)CC8CC(O)C(C(C)C(=O)O)O8)C(O)CCC7OC6(C)CC5(C)OC4CC=CC(C)C2OC1(C)C3O. The van der Waals surface area contributed by atoms with Gasteiger partial charge in [-0.05, 0) is 98.0 Å². The number of aliphatic hydroxyl groups excluding tert-OH is 5. The summed E-state index contributed by atoms with van der Waals surface area (Å²) in [6.45, 7) is 20.4. The van der Waals surface area contributed by atoms with Crippen molar-refractivity contribution in [1.29, 1.82) is 0 Å². The molecule has 17 nitrogen and oxygen atoms in total. The Morgan fingerprint density at radius 1 is 0.753 bits per heavy atom. The molecule has 0 spiro atoms. The van der Waals surface area contributed by atoms with Gasteiger partial charge in [-0.2, -0.15) is 0 Å². The van der Waals surface area contributed by atoms with Crippen molar-refractivity contribution in [2.45, 2.75) is 283 Å². The van der Waals surface area contributed by atoms with Crippen molar-refractivity contribution in [2.24, 2.45) is 17.8 Å². The Bertz CT molecular complexity index is 2070. The number of carbonyl (C=O) groups is 1. The molecule has 0 aromatic heterocycles. The van der Waals surface area contributed by atoms with Gasteiger partial charge in [0.05, 0.1) is 126 Å². The molecule has 73 heavy (non-hydrogen) atoms. The van der Waals surface area contributed by atoms with E-state index in [1.807, 2.05) is 13.8 Å². The van der Waals surface area contributed by atoms with Crippen molar-refractivity contribution in [3.63, 3.8) is 0 Å². The fourth-order valence-corrected chi connectivity index (χ4v) is 14.9. The Hall–Kier alpha value is -1.91. The summed E-state index contributed by atoms with van der Waals surface area (Å²) in [5, 5.41) is 65.0. The minimum Gasteiger partial charge on any atom is -0.481 e. The van der Waals surface area contributed by atoms with Gasteiger partial charge < -0.3 is 78.0 Å². The van der Waals surface area contributed by atoms with E-state index in [0.29, 0.717) is 70.6 Å². The van der Waals surface area contributed by atoms with E-state index < -0.39 is 101 Å². The number of carboxylic acid groups (broad SMARTS) is 1. The molecule has 0 aliphatic carbocycles. The highest BCUT2D eigenvalue weighted by Crippen LogP contribution is 2.54.